The Hall–Kier alpha value is -1.32. The smallest absolute Gasteiger partial charge is 0.188 e. The Bertz CT molecular complexity index is 447. The van der Waals surface area contributed by atoms with Crippen LogP contribution in [0.1, 0.15) is 15.9 Å². The monoisotopic (exact) mass is 265 g/mol. The molecule has 18 heavy (non-hydrogen) atoms. The van der Waals surface area contributed by atoms with Crippen LogP contribution in [-0.4, -0.2) is 37.0 Å². The topological polar surface area (TPSA) is 29.5 Å². The molecule has 1 aromatic carbocycles. The predicted molar refractivity (Wildman–Crippen MR) is 71.8 cm³/mol. The molecule has 0 atom stereocenters. The van der Waals surface area contributed by atoms with Gasteiger partial charge in [0.15, 0.2) is 5.78 Å². The molecule has 0 unspecified atom stereocenters. The standard InChI is InChI=1S/C14H16ClNO2/c1-11-2-4-12(5-3-11)13(17)10-14(15)16-6-8-18-9-7-16/h2-5,10H,6-9H2,1H3/b14-10+. The largest absolute Gasteiger partial charge is 0.378 e. The minimum absolute atomic E-state index is 0.0634. The molecule has 0 aromatic heterocycles. The van der Waals surface area contributed by atoms with Crippen molar-refractivity contribution in [3.63, 3.8) is 0 Å². The number of ether oxygens (including phenoxy) is 1. The van der Waals surface area contributed by atoms with Gasteiger partial charge in [-0.3, -0.25) is 4.79 Å². The first kappa shape index (κ1) is 13.1. The third-order valence-electron chi connectivity index (χ3n) is 2.90. The minimum atomic E-state index is -0.0634. The highest BCUT2D eigenvalue weighted by atomic mass is 35.5. The summed E-state index contributed by atoms with van der Waals surface area (Å²) in [5.74, 6) is -0.0634. The second-order valence-corrected chi connectivity index (χ2v) is 4.68. The number of hydrogen-bond acceptors (Lipinski definition) is 3. The van der Waals surface area contributed by atoms with Gasteiger partial charge < -0.3 is 9.64 Å². The second-order valence-electron chi connectivity index (χ2n) is 4.30. The van der Waals surface area contributed by atoms with E-state index in [0.29, 0.717) is 23.9 Å². The maximum Gasteiger partial charge on any atom is 0.188 e. The zero-order chi connectivity index (χ0) is 13.0. The van der Waals surface area contributed by atoms with Crippen molar-refractivity contribution in [1.82, 2.24) is 4.90 Å². The van der Waals surface area contributed by atoms with Gasteiger partial charge in [-0.05, 0) is 6.92 Å². The normalized spacial score (nSPS) is 16.8. The zero-order valence-electron chi connectivity index (χ0n) is 10.4. The Labute approximate surface area is 112 Å². The summed E-state index contributed by atoms with van der Waals surface area (Å²) < 4.78 is 5.24. The third-order valence-corrected chi connectivity index (χ3v) is 3.25. The van der Waals surface area contributed by atoms with Gasteiger partial charge in [-0.2, -0.15) is 0 Å². The first-order chi connectivity index (χ1) is 8.66. The lowest BCUT2D eigenvalue weighted by Crippen LogP contribution is -2.34. The van der Waals surface area contributed by atoms with E-state index in [4.69, 9.17) is 16.3 Å². The Morgan fingerprint density at radius 2 is 1.89 bits per heavy atom. The van der Waals surface area contributed by atoms with E-state index in [2.05, 4.69) is 0 Å². The third kappa shape index (κ3) is 3.34. The first-order valence-corrected chi connectivity index (χ1v) is 6.35. The lowest BCUT2D eigenvalue weighted by atomic mass is 10.1. The molecule has 0 aliphatic carbocycles. The van der Waals surface area contributed by atoms with E-state index in [9.17, 15) is 4.79 Å². The minimum Gasteiger partial charge on any atom is -0.378 e. The molecule has 1 fully saturated rings. The van der Waals surface area contributed by atoms with Gasteiger partial charge >= 0.3 is 0 Å². The summed E-state index contributed by atoms with van der Waals surface area (Å²) in [5, 5.41) is 0.490. The number of benzene rings is 1. The lowest BCUT2D eigenvalue weighted by molar-refractivity contribution is 0.0570. The van der Waals surface area contributed by atoms with Crippen molar-refractivity contribution in [3.05, 3.63) is 46.6 Å². The van der Waals surface area contributed by atoms with Crippen molar-refractivity contribution in [2.75, 3.05) is 26.3 Å². The van der Waals surface area contributed by atoms with Crippen LogP contribution in [0.5, 0.6) is 0 Å². The highest BCUT2D eigenvalue weighted by Crippen LogP contribution is 2.14. The molecule has 1 aromatic rings. The predicted octanol–water partition coefficient (Wildman–Crippen LogP) is 2.59. The summed E-state index contributed by atoms with van der Waals surface area (Å²) in [4.78, 5) is 13.9. The maximum atomic E-state index is 12.0. The molecule has 1 saturated heterocycles. The van der Waals surface area contributed by atoms with Gasteiger partial charge in [0, 0.05) is 24.7 Å². The van der Waals surface area contributed by atoms with Crippen molar-refractivity contribution in [2.45, 2.75) is 6.92 Å². The van der Waals surface area contributed by atoms with E-state index >= 15 is 0 Å². The number of morpholine rings is 1. The van der Waals surface area contributed by atoms with Gasteiger partial charge in [0.05, 0.1) is 13.2 Å². The summed E-state index contributed by atoms with van der Waals surface area (Å²) >= 11 is 6.15. The summed E-state index contributed by atoms with van der Waals surface area (Å²) in [6.07, 6.45) is 1.48. The maximum absolute atomic E-state index is 12.0. The quantitative estimate of drug-likeness (QED) is 0.478. The van der Waals surface area contributed by atoms with Crippen LogP contribution in [0, 0.1) is 6.92 Å². The number of allylic oxidation sites excluding steroid dienone is 1. The number of ketones is 1. The number of halogens is 1. The molecule has 1 heterocycles. The average molecular weight is 266 g/mol. The second kappa shape index (κ2) is 6.03. The van der Waals surface area contributed by atoms with Gasteiger partial charge in [0.2, 0.25) is 0 Å². The summed E-state index contributed by atoms with van der Waals surface area (Å²) in [5.41, 5.74) is 1.79. The summed E-state index contributed by atoms with van der Waals surface area (Å²) in [7, 11) is 0. The molecule has 1 aliphatic heterocycles. The molecule has 4 heteroatoms. The van der Waals surface area contributed by atoms with E-state index < -0.39 is 0 Å². The van der Waals surface area contributed by atoms with Crippen LogP contribution in [0.2, 0.25) is 0 Å². The SMILES string of the molecule is Cc1ccc(C(=O)/C=C(\Cl)N2CCOCC2)cc1. The molecular formula is C14H16ClNO2. The van der Waals surface area contributed by atoms with Crippen LogP contribution in [0.25, 0.3) is 0 Å². The van der Waals surface area contributed by atoms with Gasteiger partial charge in [0.25, 0.3) is 0 Å². The molecule has 0 amide bonds. The fourth-order valence-corrected chi connectivity index (χ4v) is 2.05. The van der Waals surface area contributed by atoms with Crippen LogP contribution in [0.15, 0.2) is 35.5 Å². The number of carbonyl (C=O) groups is 1. The zero-order valence-corrected chi connectivity index (χ0v) is 11.1. The highest BCUT2D eigenvalue weighted by Gasteiger charge is 2.13. The van der Waals surface area contributed by atoms with Gasteiger partial charge in [-0.15, -0.1) is 0 Å². The summed E-state index contributed by atoms with van der Waals surface area (Å²) in [6.45, 7) is 4.77. The fourth-order valence-electron chi connectivity index (χ4n) is 1.78. The summed E-state index contributed by atoms with van der Waals surface area (Å²) in [6, 6.07) is 7.47. The molecule has 0 radical (unpaired) electrons. The lowest BCUT2D eigenvalue weighted by Gasteiger charge is -2.27. The van der Waals surface area contributed by atoms with E-state index in [0.717, 1.165) is 18.7 Å². The van der Waals surface area contributed by atoms with E-state index in [1.165, 1.54) is 6.08 Å². The van der Waals surface area contributed by atoms with Gasteiger partial charge in [0.1, 0.15) is 5.16 Å². The van der Waals surface area contributed by atoms with Crippen molar-refractivity contribution in [3.8, 4) is 0 Å². The Morgan fingerprint density at radius 3 is 2.50 bits per heavy atom. The van der Waals surface area contributed by atoms with Crippen molar-refractivity contribution in [1.29, 1.82) is 0 Å². The van der Waals surface area contributed by atoms with E-state index in [1.54, 1.807) is 0 Å². The molecule has 0 bridgehead atoms. The molecular weight excluding hydrogens is 250 g/mol. The van der Waals surface area contributed by atoms with Crippen LogP contribution >= 0.6 is 11.6 Å². The number of nitrogens with zero attached hydrogens (tertiary/aromatic N) is 1. The van der Waals surface area contributed by atoms with Crippen molar-refractivity contribution in [2.24, 2.45) is 0 Å². The Morgan fingerprint density at radius 1 is 1.28 bits per heavy atom. The molecule has 3 nitrogen and oxygen atoms in total. The van der Waals surface area contributed by atoms with Crippen LogP contribution in [0.4, 0.5) is 0 Å². The Kier molecular flexibility index (Phi) is 4.39. The highest BCUT2D eigenvalue weighted by molar-refractivity contribution is 6.31. The van der Waals surface area contributed by atoms with Gasteiger partial charge in [-0.25, -0.2) is 0 Å². The van der Waals surface area contributed by atoms with Crippen LogP contribution in [-0.2, 0) is 4.74 Å². The van der Waals surface area contributed by atoms with Crippen molar-refractivity contribution < 1.29 is 9.53 Å². The number of hydrogen-bond donors (Lipinski definition) is 0. The molecule has 0 N–H and O–H groups in total. The fraction of sp³-hybridized carbons (Fsp3) is 0.357. The average Bonchev–Trinajstić information content (AvgIpc) is 2.40. The molecule has 0 spiro atoms. The number of rotatable bonds is 3. The van der Waals surface area contributed by atoms with Crippen LogP contribution in [0.3, 0.4) is 0 Å². The van der Waals surface area contributed by atoms with E-state index in [1.807, 2.05) is 36.1 Å². The Balaban J connectivity index is 2.06. The van der Waals surface area contributed by atoms with E-state index in [-0.39, 0.29) is 5.78 Å². The van der Waals surface area contributed by atoms with Crippen molar-refractivity contribution >= 4 is 17.4 Å². The molecule has 0 saturated carbocycles. The molecule has 96 valence electrons. The van der Waals surface area contributed by atoms with Gasteiger partial charge in [-0.1, -0.05) is 41.4 Å². The molecule has 1 aliphatic rings. The van der Waals surface area contributed by atoms with Crippen LogP contribution < -0.4 is 0 Å². The first-order valence-electron chi connectivity index (χ1n) is 5.98. The molecule has 2 rings (SSSR count). The number of carbonyl (C=O) groups excluding carboxylic acids is 1. The number of aryl methyl sites for hydroxylation is 1.